The fourth-order valence-corrected chi connectivity index (χ4v) is 3.10. The molecule has 0 aliphatic heterocycles. The number of hydrogen-bond donors (Lipinski definition) is 0. The average molecular weight is 344 g/mol. The molecule has 0 atom stereocenters. The van der Waals surface area contributed by atoms with Gasteiger partial charge in [0.25, 0.3) is 5.69 Å². The second kappa shape index (κ2) is 5.89. The van der Waals surface area contributed by atoms with E-state index in [9.17, 15) is 41.6 Å². The van der Waals surface area contributed by atoms with Gasteiger partial charge < -0.3 is 9.90 Å². The molecule has 1 rings (SSSR count). The largest absolute Gasteiger partial charge is 0.549 e. The molecule has 0 bridgehead atoms. The van der Waals surface area contributed by atoms with Crippen molar-refractivity contribution in [3.05, 3.63) is 28.3 Å². The maximum absolute atomic E-state index is 12.2. The summed E-state index contributed by atoms with van der Waals surface area (Å²) >= 11 is -0.662. The van der Waals surface area contributed by atoms with E-state index in [1.807, 2.05) is 0 Å². The Balaban J connectivity index is 3.36. The number of thioether (sulfide) groups is 1. The van der Waals surface area contributed by atoms with Crippen LogP contribution >= 0.6 is 11.8 Å². The number of nitro benzene ring substituents is 1. The van der Waals surface area contributed by atoms with E-state index < -0.39 is 59.2 Å². The van der Waals surface area contributed by atoms with Gasteiger partial charge in [-0.2, -0.15) is 13.2 Å². The van der Waals surface area contributed by atoms with Crippen molar-refractivity contribution in [2.75, 3.05) is 5.75 Å². The standard InChI is InChI=1S/C9H6F3NO6S2/c10-9(11,12)20-5-1-2-7(6(3-5)13(16)17)21(18,19)4-8(14)15/h1-3H,4H2,(H,14,15)/p-1. The predicted molar refractivity (Wildman–Crippen MR) is 62.1 cm³/mol. The number of carboxylic acid groups (broad SMARTS) is 1. The molecule has 0 heterocycles. The van der Waals surface area contributed by atoms with Gasteiger partial charge in [-0.25, -0.2) is 8.42 Å². The summed E-state index contributed by atoms with van der Waals surface area (Å²) in [4.78, 5) is 18.3. The van der Waals surface area contributed by atoms with Gasteiger partial charge in [-0.05, 0) is 23.9 Å². The average Bonchev–Trinajstić information content (AvgIpc) is 2.24. The molecule has 0 radical (unpaired) electrons. The Labute approximate surface area is 119 Å². The number of carboxylic acids is 1. The molecule has 0 aromatic heterocycles. The maximum Gasteiger partial charge on any atom is 0.446 e. The van der Waals surface area contributed by atoms with Gasteiger partial charge in [-0.3, -0.25) is 10.1 Å². The van der Waals surface area contributed by atoms with Gasteiger partial charge in [-0.1, -0.05) is 0 Å². The quantitative estimate of drug-likeness (QED) is 0.439. The highest BCUT2D eigenvalue weighted by Crippen LogP contribution is 2.39. The monoisotopic (exact) mass is 344 g/mol. The molecule has 0 spiro atoms. The minimum Gasteiger partial charge on any atom is -0.549 e. The van der Waals surface area contributed by atoms with Gasteiger partial charge in [0.2, 0.25) is 0 Å². The minimum absolute atomic E-state index is 0.417. The highest BCUT2D eigenvalue weighted by Gasteiger charge is 2.32. The van der Waals surface area contributed by atoms with Crippen LogP contribution in [-0.2, 0) is 14.6 Å². The fourth-order valence-electron chi connectivity index (χ4n) is 1.33. The second-order valence-corrected chi connectivity index (χ2v) is 6.66. The number of benzene rings is 1. The molecule has 1 aromatic carbocycles. The zero-order valence-electron chi connectivity index (χ0n) is 9.79. The van der Waals surface area contributed by atoms with Crippen molar-refractivity contribution in [1.82, 2.24) is 0 Å². The van der Waals surface area contributed by atoms with Crippen LogP contribution in [0.25, 0.3) is 0 Å². The zero-order chi connectivity index (χ0) is 16.4. The third-order valence-electron chi connectivity index (χ3n) is 2.00. The molecule has 7 nitrogen and oxygen atoms in total. The molecule has 0 fully saturated rings. The van der Waals surface area contributed by atoms with Crippen LogP contribution in [0.2, 0.25) is 0 Å². The van der Waals surface area contributed by atoms with Crippen LogP contribution in [0, 0.1) is 10.1 Å². The van der Waals surface area contributed by atoms with Crippen molar-refractivity contribution in [3.8, 4) is 0 Å². The van der Waals surface area contributed by atoms with Crippen molar-refractivity contribution in [2.24, 2.45) is 0 Å². The molecule has 21 heavy (non-hydrogen) atoms. The lowest BCUT2D eigenvalue weighted by molar-refractivity contribution is -0.388. The van der Waals surface area contributed by atoms with Crippen LogP contribution in [0.3, 0.4) is 0 Å². The smallest absolute Gasteiger partial charge is 0.446 e. The number of alkyl halides is 3. The first-order chi connectivity index (χ1) is 9.42. The van der Waals surface area contributed by atoms with Crippen molar-refractivity contribution in [2.45, 2.75) is 15.3 Å². The Morgan fingerprint density at radius 2 is 1.90 bits per heavy atom. The van der Waals surface area contributed by atoms with Crippen LogP contribution in [-0.4, -0.2) is 30.6 Å². The Kier molecular flexibility index (Phi) is 4.83. The van der Waals surface area contributed by atoms with E-state index in [-0.39, 0.29) is 0 Å². The molecule has 0 N–H and O–H groups in total. The summed E-state index contributed by atoms with van der Waals surface area (Å²) in [6.45, 7) is 0. The third kappa shape index (κ3) is 4.90. The summed E-state index contributed by atoms with van der Waals surface area (Å²) < 4.78 is 59.7. The Morgan fingerprint density at radius 3 is 2.33 bits per heavy atom. The summed E-state index contributed by atoms with van der Waals surface area (Å²) in [6, 6.07) is 1.68. The molecule has 0 unspecified atom stereocenters. The molecule has 116 valence electrons. The van der Waals surface area contributed by atoms with E-state index >= 15 is 0 Å². The van der Waals surface area contributed by atoms with E-state index in [2.05, 4.69) is 0 Å². The second-order valence-electron chi connectivity index (χ2n) is 3.57. The lowest BCUT2D eigenvalue weighted by Gasteiger charge is -2.09. The number of rotatable bonds is 5. The van der Waals surface area contributed by atoms with E-state index in [1.54, 1.807) is 0 Å². The number of aliphatic carboxylic acids is 1. The van der Waals surface area contributed by atoms with Crippen LogP contribution in [0.5, 0.6) is 0 Å². The molecular formula is C9H5F3NO6S2-. The van der Waals surface area contributed by atoms with Crippen LogP contribution in [0.4, 0.5) is 18.9 Å². The van der Waals surface area contributed by atoms with Crippen molar-refractivity contribution < 1.29 is 36.4 Å². The molecular weight excluding hydrogens is 339 g/mol. The number of carbonyl (C=O) groups excluding carboxylic acids is 1. The predicted octanol–water partition coefficient (Wildman–Crippen LogP) is 0.730. The van der Waals surface area contributed by atoms with E-state index in [1.165, 1.54) is 0 Å². The molecule has 0 saturated carbocycles. The van der Waals surface area contributed by atoms with Crippen molar-refractivity contribution >= 4 is 33.3 Å². The van der Waals surface area contributed by atoms with Crippen LogP contribution in [0.1, 0.15) is 0 Å². The van der Waals surface area contributed by atoms with Crippen molar-refractivity contribution in [1.29, 1.82) is 0 Å². The highest BCUT2D eigenvalue weighted by molar-refractivity contribution is 8.00. The molecule has 0 aliphatic rings. The van der Waals surface area contributed by atoms with Gasteiger partial charge in [0.15, 0.2) is 9.84 Å². The molecule has 1 aromatic rings. The summed E-state index contributed by atoms with van der Waals surface area (Å²) in [5, 5.41) is 21.1. The Hall–Kier alpha value is -1.82. The first-order valence-electron chi connectivity index (χ1n) is 4.89. The number of halogens is 3. The van der Waals surface area contributed by atoms with Gasteiger partial charge >= 0.3 is 5.51 Å². The molecule has 0 aliphatic carbocycles. The van der Waals surface area contributed by atoms with Gasteiger partial charge in [-0.15, -0.1) is 0 Å². The van der Waals surface area contributed by atoms with Gasteiger partial charge in [0, 0.05) is 11.0 Å². The normalized spacial score (nSPS) is 12.1. The highest BCUT2D eigenvalue weighted by atomic mass is 32.2. The van der Waals surface area contributed by atoms with Crippen LogP contribution < -0.4 is 5.11 Å². The van der Waals surface area contributed by atoms with Crippen LogP contribution in [0.15, 0.2) is 28.0 Å². The van der Waals surface area contributed by atoms with Crippen molar-refractivity contribution in [3.63, 3.8) is 0 Å². The summed E-state index contributed by atoms with van der Waals surface area (Å²) in [6.07, 6.45) is 0. The first-order valence-corrected chi connectivity index (χ1v) is 7.36. The third-order valence-corrected chi connectivity index (χ3v) is 4.36. The number of nitrogens with zero attached hydrogens (tertiary/aromatic N) is 1. The Bertz CT molecular complexity index is 685. The van der Waals surface area contributed by atoms with Gasteiger partial charge in [0.05, 0.1) is 16.6 Å². The number of carbonyl (C=O) groups is 1. The molecule has 0 amide bonds. The summed E-state index contributed by atoms with van der Waals surface area (Å²) in [5.74, 6) is -3.50. The SMILES string of the molecule is O=C([O-])CS(=O)(=O)c1ccc(SC(F)(F)F)cc1[N+](=O)[O-]. The lowest BCUT2D eigenvalue weighted by atomic mass is 10.3. The molecule has 0 saturated heterocycles. The topological polar surface area (TPSA) is 117 Å². The summed E-state index contributed by atoms with van der Waals surface area (Å²) in [7, 11) is -4.59. The number of hydrogen-bond acceptors (Lipinski definition) is 7. The first kappa shape index (κ1) is 17.2. The number of sulfone groups is 1. The lowest BCUT2D eigenvalue weighted by Crippen LogP contribution is -2.30. The zero-order valence-corrected chi connectivity index (χ0v) is 11.4. The number of nitro groups is 1. The fraction of sp³-hybridized carbons (Fsp3) is 0.222. The summed E-state index contributed by atoms with van der Waals surface area (Å²) in [5.41, 5.74) is -5.84. The van der Waals surface area contributed by atoms with E-state index in [0.717, 1.165) is 0 Å². The van der Waals surface area contributed by atoms with E-state index in [4.69, 9.17) is 0 Å². The van der Waals surface area contributed by atoms with E-state index in [0.29, 0.717) is 18.2 Å². The Morgan fingerprint density at radius 1 is 1.33 bits per heavy atom. The minimum atomic E-state index is -4.71. The maximum atomic E-state index is 12.2. The van der Waals surface area contributed by atoms with Gasteiger partial charge in [0.1, 0.15) is 4.90 Å². The molecule has 12 heteroatoms.